The van der Waals surface area contributed by atoms with Gasteiger partial charge in [0.15, 0.2) is 11.4 Å². The third-order valence-electron chi connectivity index (χ3n) is 4.33. The zero-order valence-corrected chi connectivity index (χ0v) is 16.3. The van der Waals surface area contributed by atoms with Crippen molar-refractivity contribution in [2.45, 2.75) is 12.1 Å². The molecule has 0 saturated heterocycles. The smallest absolute Gasteiger partial charge is 0.212 e. The van der Waals surface area contributed by atoms with E-state index in [-0.39, 0.29) is 11.5 Å². The molecule has 0 spiro atoms. The van der Waals surface area contributed by atoms with Gasteiger partial charge in [0.25, 0.3) is 0 Å². The van der Waals surface area contributed by atoms with Gasteiger partial charge >= 0.3 is 0 Å². The van der Waals surface area contributed by atoms with Crippen LogP contribution >= 0.6 is 11.8 Å². The number of Topliss-reactive ketones (excluding diaryl/α,β-unsaturated/α-hetero) is 1. The van der Waals surface area contributed by atoms with Crippen LogP contribution < -0.4 is 4.74 Å². The molecule has 28 heavy (non-hydrogen) atoms. The largest absolute Gasteiger partial charge is 0.497 e. The Morgan fingerprint density at radius 3 is 2.46 bits per heavy atom. The van der Waals surface area contributed by atoms with Gasteiger partial charge in [-0.1, -0.05) is 41.6 Å². The monoisotopic (exact) mass is 390 g/mol. The first kappa shape index (κ1) is 18.2. The van der Waals surface area contributed by atoms with Gasteiger partial charge in [-0.15, -0.1) is 10.2 Å². The number of methoxy groups -OCH3 is 1. The van der Waals surface area contributed by atoms with Crippen molar-refractivity contribution in [3.05, 3.63) is 71.8 Å². The Kier molecular flexibility index (Phi) is 5.08. The second-order valence-electron chi connectivity index (χ2n) is 6.28. The Morgan fingerprint density at radius 1 is 1.00 bits per heavy atom. The normalized spacial score (nSPS) is 10.9. The van der Waals surface area contributed by atoms with Crippen LogP contribution in [-0.4, -0.2) is 38.5 Å². The molecular weight excluding hydrogens is 372 g/mol. The third kappa shape index (κ3) is 3.75. The quantitative estimate of drug-likeness (QED) is 0.365. The Balaban J connectivity index is 1.55. The number of ether oxygens (including phenoxy) is 1. The van der Waals surface area contributed by atoms with E-state index in [0.29, 0.717) is 16.4 Å². The van der Waals surface area contributed by atoms with Crippen LogP contribution in [0.4, 0.5) is 0 Å². The molecule has 0 bridgehead atoms. The van der Waals surface area contributed by atoms with Crippen molar-refractivity contribution >= 4 is 23.2 Å². The number of aryl methyl sites for hydroxylation is 1. The molecule has 0 N–H and O–H groups in total. The van der Waals surface area contributed by atoms with Crippen molar-refractivity contribution in [1.29, 1.82) is 0 Å². The standard InChI is InChI=1S/C21H18N4O2S/c1-14-3-5-16(6-4-14)19(26)13-28-21-23-22-20-12-11-18(24-25(20)21)15-7-9-17(27-2)10-8-15/h3-12H,13H2,1-2H3. The van der Waals surface area contributed by atoms with E-state index in [1.807, 2.05) is 67.6 Å². The zero-order valence-electron chi connectivity index (χ0n) is 15.5. The molecule has 0 saturated carbocycles. The second-order valence-corrected chi connectivity index (χ2v) is 7.22. The first-order valence-corrected chi connectivity index (χ1v) is 9.72. The maximum absolute atomic E-state index is 12.4. The van der Waals surface area contributed by atoms with E-state index < -0.39 is 0 Å². The molecule has 0 aliphatic heterocycles. The van der Waals surface area contributed by atoms with Gasteiger partial charge in [0.2, 0.25) is 5.16 Å². The molecule has 140 valence electrons. The summed E-state index contributed by atoms with van der Waals surface area (Å²) in [4.78, 5) is 12.4. The van der Waals surface area contributed by atoms with E-state index >= 15 is 0 Å². The minimum absolute atomic E-state index is 0.0491. The predicted molar refractivity (Wildman–Crippen MR) is 109 cm³/mol. The van der Waals surface area contributed by atoms with Crippen LogP contribution in [0.1, 0.15) is 15.9 Å². The summed E-state index contributed by atoms with van der Waals surface area (Å²) in [5.41, 5.74) is 4.22. The Morgan fingerprint density at radius 2 is 1.75 bits per heavy atom. The first-order chi connectivity index (χ1) is 13.6. The Bertz CT molecular complexity index is 1120. The Hall–Kier alpha value is -3.19. The summed E-state index contributed by atoms with van der Waals surface area (Å²) in [5, 5.41) is 13.6. The molecule has 0 unspecified atom stereocenters. The van der Waals surface area contributed by atoms with Gasteiger partial charge in [0.05, 0.1) is 18.6 Å². The van der Waals surface area contributed by atoms with E-state index in [4.69, 9.17) is 4.74 Å². The number of fused-ring (bicyclic) bond motifs is 1. The lowest BCUT2D eigenvalue weighted by Crippen LogP contribution is -2.04. The molecule has 0 radical (unpaired) electrons. The summed E-state index contributed by atoms with van der Waals surface area (Å²) < 4.78 is 6.87. The van der Waals surface area contributed by atoms with Crippen molar-refractivity contribution in [2.24, 2.45) is 0 Å². The SMILES string of the molecule is COc1ccc(-c2ccc3nnc(SCC(=O)c4ccc(C)cc4)n3n2)cc1. The fourth-order valence-corrected chi connectivity index (χ4v) is 3.51. The lowest BCUT2D eigenvalue weighted by atomic mass is 10.1. The Labute approximate surface area is 166 Å². The number of carbonyl (C=O) groups excluding carboxylic acids is 1. The number of thioether (sulfide) groups is 1. The summed E-state index contributed by atoms with van der Waals surface area (Å²) in [6.07, 6.45) is 0. The summed E-state index contributed by atoms with van der Waals surface area (Å²) in [7, 11) is 1.64. The van der Waals surface area contributed by atoms with Gasteiger partial charge in [0, 0.05) is 11.1 Å². The van der Waals surface area contributed by atoms with Crippen molar-refractivity contribution in [3.63, 3.8) is 0 Å². The number of hydrogen-bond donors (Lipinski definition) is 0. The van der Waals surface area contributed by atoms with Crippen molar-refractivity contribution in [1.82, 2.24) is 19.8 Å². The highest BCUT2D eigenvalue weighted by Crippen LogP contribution is 2.23. The van der Waals surface area contributed by atoms with Crippen LogP contribution in [0.3, 0.4) is 0 Å². The molecule has 2 heterocycles. The number of benzene rings is 2. The highest BCUT2D eigenvalue weighted by atomic mass is 32.2. The first-order valence-electron chi connectivity index (χ1n) is 8.73. The number of ketones is 1. The molecule has 0 atom stereocenters. The molecule has 0 aliphatic rings. The van der Waals surface area contributed by atoms with Gasteiger partial charge in [0.1, 0.15) is 5.75 Å². The number of nitrogens with zero attached hydrogens (tertiary/aromatic N) is 4. The zero-order chi connectivity index (χ0) is 19.5. The highest BCUT2D eigenvalue weighted by molar-refractivity contribution is 7.99. The minimum atomic E-state index is 0.0491. The highest BCUT2D eigenvalue weighted by Gasteiger charge is 2.13. The van der Waals surface area contributed by atoms with Crippen LogP contribution in [0.2, 0.25) is 0 Å². The van der Waals surface area contributed by atoms with Crippen molar-refractivity contribution < 1.29 is 9.53 Å². The summed E-state index contributed by atoms with van der Waals surface area (Å²) in [6.45, 7) is 2.00. The maximum Gasteiger partial charge on any atom is 0.212 e. The van der Waals surface area contributed by atoms with Gasteiger partial charge in [-0.3, -0.25) is 4.79 Å². The summed E-state index contributed by atoms with van der Waals surface area (Å²) >= 11 is 1.33. The van der Waals surface area contributed by atoms with Crippen molar-refractivity contribution in [2.75, 3.05) is 12.9 Å². The summed E-state index contributed by atoms with van der Waals surface area (Å²) in [6, 6.07) is 19.0. The lowest BCUT2D eigenvalue weighted by molar-refractivity contribution is 0.102. The molecule has 0 aliphatic carbocycles. The average molecular weight is 390 g/mol. The van der Waals surface area contributed by atoms with Crippen LogP contribution in [-0.2, 0) is 0 Å². The number of rotatable bonds is 6. The maximum atomic E-state index is 12.4. The fourth-order valence-electron chi connectivity index (χ4n) is 2.73. The van der Waals surface area contributed by atoms with Gasteiger partial charge in [-0.05, 0) is 43.3 Å². The average Bonchev–Trinajstić information content (AvgIpc) is 3.15. The van der Waals surface area contributed by atoms with Crippen LogP contribution in [0.15, 0.2) is 65.8 Å². The van der Waals surface area contributed by atoms with Crippen LogP contribution in [0.25, 0.3) is 16.9 Å². The molecule has 6 nitrogen and oxygen atoms in total. The molecule has 2 aromatic heterocycles. The third-order valence-corrected chi connectivity index (χ3v) is 5.25. The predicted octanol–water partition coefficient (Wildman–Crippen LogP) is 4.08. The minimum Gasteiger partial charge on any atom is -0.497 e. The van der Waals surface area contributed by atoms with Crippen LogP contribution in [0.5, 0.6) is 5.75 Å². The van der Waals surface area contributed by atoms with E-state index in [9.17, 15) is 4.79 Å². The number of aromatic nitrogens is 4. The second kappa shape index (κ2) is 7.82. The van der Waals surface area contributed by atoms with E-state index in [0.717, 1.165) is 22.6 Å². The van der Waals surface area contributed by atoms with Gasteiger partial charge < -0.3 is 4.74 Å². The van der Waals surface area contributed by atoms with Gasteiger partial charge in [-0.25, -0.2) is 0 Å². The topological polar surface area (TPSA) is 69.4 Å². The lowest BCUT2D eigenvalue weighted by Gasteiger charge is -2.05. The molecular formula is C21H18N4O2S. The molecule has 7 heteroatoms. The van der Waals surface area contributed by atoms with E-state index in [2.05, 4.69) is 15.3 Å². The number of hydrogen-bond acceptors (Lipinski definition) is 6. The fraction of sp³-hybridized carbons (Fsp3) is 0.143. The summed E-state index contributed by atoms with van der Waals surface area (Å²) in [5.74, 6) is 1.12. The molecule has 2 aromatic carbocycles. The molecule has 4 aromatic rings. The number of carbonyl (C=O) groups is 1. The van der Waals surface area contributed by atoms with Crippen molar-refractivity contribution in [3.8, 4) is 17.0 Å². The van der Waals surface area contributed by atoms with E-state index in [1.165, 1.54) is 11.8 Å². The van der Waals surface area contributed by atoms with E-state index in [1.54, 1.807) is 11.6 Å². The molecule has 4 rings (SSSR count). The van der Waals surface area contributed by atoms with Gasteiger partial charge in [-0.2, -0.15) is 9.61 Å². The molecule has 0 fully saturated rings. The molecule has 0 amide bonds. The van der Waals surface area contributed by atoms with Crippen LogP contribution in [0, 0.1) is 6.92 Å².